The summed E-state index contributed by atoms with van der Waals surface area (Å²) in [7, 11) is 0. The summed E-state index contributed by atoms with van der Waals surface area (Å²) in [6.45, 7) is 0. The fourth-order valence-electron chi connectivity index (χ4n) is 1.88. The van der Waals surface area contributed by atoms with Gasteiger partial charge in [0, 0.05) is 12.7 Å². The van der Waals surface area contributed by atoms with Crippen molar-refractivity contribution in [2.24, 2.45) is 4.99 Å². The summed E-state index contributed by atoms with van der Waals surface area (Å²) in [4.78, 5) is 16.2. The van der Waals surface area contributed by atoms with Gasteiger partial charge in [-0.25, -0.2) is 9.79 Å². The van der Waals surface area contributed by atoms with E-state index in [0.717, 1.165) is 18.3 Å². The van der Waals surface area contributed by atoms with Crippen molar-refractivity contribution in [2.45, 2.75) is 0 Å². The molecule has 21 heavy (non-hydrogen) atoms. The van der Waals surface area contributed by atoms with E-state index in [9.17, 15) is 4.79 Å². The molecule has 0 saturated carbocycles. The first kappa shape index (κ1) is 14.7. The van der Waals surface area contributed by atoms with Crippen LogP contribution < -0.4 is 0 Å². The maximum atomic E-state index is 11.9. The van der Waals surface area contributed by atoms with Gasteiger partial charge in [-0.15, -0.1) is 0 Å². The Bertz CT molecular complexity index is 764. The number of benzene rings is 2. The van der Waals surface area contributed by atoms with E-state index in [2.05, 4.69) is 50.2 Å². The zero-order chi connectivity index (χ0) is 14.8. The second-order valence-electron chi connectivity index (χ2n) is 4.40. The van der Waals surface area contributed by atoms with E-state index in [4.69, 9.17) is 4.74 Å². The predicted molar refractivity (Wildman–Crippen MR) is 98.9 cm³/mol. The second-order valence-corrected chi connectivity index (χ2v) is 6.89. The quantitative estimate of drug-likeness (QED) is 0.351. The van der Waals surface area contributed by atoms with E-state index in [0.29, 0.717) is 11.6 Å². The van der Waals surface area contributed by atoms with Crippen molar-refractivity contribution in [3.63, 3.8) is 0 Å². The molecule has 0 amide bonds. The van der Waals surface area contributed by atoms with Gasteiger partial charge in [0.05, 0.1) is 0 Å². The van der Waals surface area contributed by atoms with Crippen LogP contribution in [0.15, 0.2) is 59.2 Å². The van der Waals surface area contributed by atoms with Crippen molar-refractivity contribution in [3.8, 4) is 0 Å². The lowest BCUT2D eigenvalue weighted by molar-refractivity contribution is -0.129. The van der Waals surface area contributed by atoms with E-state index in [1.54, 1.807) is 6.08 Å². The smallest absolute Gasteiger partial charge is 0.363 e. The summed E-state index contributed by atoms with van der Waals surface area (Å²) in [6.07, 6.45) is 1.74. The molecule has 0 bridgehead atoms. The van der Waals surface area contributed by atoms with Gasteiger partial charge in [-0.3, -0.25) is 0 Å². The van der Waals surface area contributed by atoms with Crippen LogP contribution in [0.5, 0.6) is 0 Å². The van der Waals surface area contributed by atoms with Gasteiger partial charge in [-0.05, 0) is 93.2 Å². The van der Waals surface area contributed by atoms with Crippen molar-refractivity contribution in [1.29, 1.82) is 0 Å². The fourth-order valence-corrected chi connectivity index (χ4v) is 2.81. The van der Waals surface area contributed by atoms with E-state index < -0.39 is 5.97 Å². The third-order valence-electron chi connectivity index (χ3n) is 2.86. The van der Waals surface area contributed by atoms with Crippen LogP contribution >= 0.6 is 45.2 Å². The van der Waals surface area contributed by atoms with Crippen LogP contribution in [-0.4, -0.2) is 11.9 Å². The molecule has 104 valence electrons. The molecule has 0 spiro atoms. The molecule has 3 nitrogen and oxygen atoms in total. The topological polar surface area (TPSA) is 38.7 Å². The standard InChI is InChI=1S/C16H9I2NO2/c17-12-6-4-11(5-7-12)15-19-14(16(20)21-15)9-10-2-1-3-13(18)8-10/h1-9H/b14-9-. The minimum Gasteiger partial charge on any atom is -0.402 e. The third kappa shape index (κ3) is 3.52. The lowest BCUT2D eigenvalue weighted by Gasteiger charge is -1.98. The average Bonchev–Trinajstić information content (AvgIpc) is 2.81. The lowest BCUT2D eigenvalue weighted by Crippen LogP contribution is -2.05. The Morgan fingerprint density at radius 1 is 1.00 bits per heavy atom. The number of hydrogen-bond donors (Lipinski definition) is 0. The number of carbonyl (C=O) groups is 1. The maximum absolute atomic E-state index is 11.9. The SMILES string of the molecule is O=C1OC(c2ccc(I)cc2)=N/C1=C\c1cccc(I)c1. The van der Waals surface area contributed by atoms with E-state index in [1.807, 2.05) is 48.5 Å². The number of esters is 1. The Balaban J connectivity index is 1.93. The van der Waals surface area contributed by atoms with Gasteiger partial charge in [-0.1, -0.05) is 12.1 Å². The summed E-state index contributed by atoms with van der Waals surface area (Å²) >= 11 is 4.46. The molecule has 0 fully saturated rings. The molecule has 5 heteroatoms. The Hall–Kier alpha value is -1.22. The van der Waals surface area contributed by atoms with Crippen LogP contribution in [0.4, 0.5) is 0 Å². The highest BCUT2D eigenvalue weighted by Crippen LogP contribution is 2.20. The first-order valence-electron chi connectivity index (χ1n) is 6.16. The number of carbonyl (C=O) groups excluding carboxylic acids is 1. The minimum absolute atomic E-state index is 0.325. The third-order valence-corrected chi connectivity index (χ3v) is 4.25. The van der Waals surface area contributed by atoms with Gasteiger partial charge in [0.15, 0.2) is 5.70 Å². The van der Waals surface area contributed by atoms with E-state index in [1.165, 1.54) is 0 Å². The van der Waals surface area contributed by atoms with Gasteiger partial charge in [0.2, 0.25) is 5.90 Å². The molecule has 1 aliphatic heterocycles. The number of halogens is 2. The summed E-state index contributed by atoms with van der Waals surface area (Å²) in [5.74, 6) is -0.0595. The van der Waals surface area contributed by atoms with Gasteiger partial charge < -0.3 is 4.74 Å². The Morgan fingerprint density at radius 2 is 1.76 bits per heavy atom. The highest BCUT2D eigenvalue weighted by atomic mass is 127. The van der Waals surface area contributed by atoms with Crippen LogP contribution in [0.25, 0.3) is 6.08 Å². The highest BCUT2D eigenvalue weighted by molar-refractivity contribution is 14.1. The summed E-state index contributed by atoms with van der Waals surface area (Å²) < 4.78 is 7.47. The number of rotatable bonds is 2. The number of aliphatic imine (C=N–C) groups is 1. The largest absolute Gasteiger partial charge is 0.402 e. The van der Waals surface area contributed by atoms with Crippen LogP contribution in [0.3, 0.4) is 0 Å². The molecule has 0 saturated heterocycles. The molecular formula is C16H9I2NO2. The van der Waals surface area contributed by atoms with Crippen molar-refractivity contribution in [3.05, 3.63) is 72.5 Å². The van der Waals surface area contributed by atoms with Crippen LogP contribution in [0.1, 0.15) is 11.1 Å². The average molecular weight is 501 g/mol. The van der Waals surface area contributed by atoms with Crippen molar-refractivity contribution in [1.82, 2.24) is 0 Å². The molecule has 0 N–H and O–H groups in total. The van der Waals surface area contributed by atoms with Crippen LogP contribution in [0, 0.1) is 7.14 Å². The molecule has 0 unspecified atom stereocenters. The lowest BCUT2D eigenvalue weighted by atomic mass is 10.2. The van der Waals surface area contributed by atoms with Crippen molar-refractivity contribution in [2.75, 3.05) is 0 Å². The Labute approximate surface area is 149 Å². The highest BCUT2D eigenvalue weighted by Gasteiger charge is 2.23. The molecule has 1 aliphatic rings. The Kier molecular flexibility index (Phi) is 4.39. The summed E-state index contributed by atoms with van der Waals surface area (Å²) in [5, 5.41) is 0. The summed E-state index contributed by atoms with van der Waals surface area (Å²) in [6, 6.07) is 15.5. The molecule has 0 aliphatic carbocycles. The first-order chi connectivity index (χ1) is 10.1. The van der Waals surface area contributed by atoms with Crippen molar-refractivity contribution >= 4 is 63.1 Å². The van der Waals surface area contributed by atoms with E-state index in [-0.39, 0.29) is 0 Å². The van der Waals surface area contributed by atoms with Gasteiger partial charge in [-0.2, -0.15) is 0 Å². The molecule has 0 radical (unpaired) electrons. The van der Waals surface area contributed by atoms with Gasteiger partial charge >= 0.3 is 5.97 Å². The molecular weight excluding hydrogens is 492 g/mol. The Morgan fingerprint density at radius 3 is 2.48 bits per heavy atom. The van der Waals surface area contributed by atoms with Crippen LogP contribution in [0.2, 0.25) is 0 Å². The predicted octanol–water partition coefficient (Wildman–Crippen LogP) is 4.24. The first-order valence-corrected chi connectivity index (χ1v) is 8.32. The maximum Gasteiger partial charge on any atom is 0.363 e. The fraction of sp³-hybridized carbons (Fsp3) is 0. The monoisotopic (exact) mass is 501 g/mol. The number of hydrogen-bond acceptors (Lipinski definition) is 3. The molecule has 2 aromatic rings. The van der Waals surface area contributed by atoms with Crippen molar-refractivity contribution < 1.29 is 9.53 Å². The zero-order valence-electron chi connectivity index (χ0n) is 10.7. The molecule has 2 aromatic carbocycles. The molecule has 0 aromatic heterocycles. The van der Waals surface area contributed by atoms with E-state index >= 15 is 0 Å². The minimum atomic E-state index is -0.414. The second kappa shape index (κ2) is 6.27. The zero-order valence-corrected chi connectivity index (χ0v) is 15.0. The summed E-state index contributed by atoms with van der Waals surface area (Å²) in [5.41, 5.74) is 2.06. The number of ether oxygens (including phenoxy) is 1. The van der Waals surface area contributed by atoms with Crippen LogP contribution in [-0.2, 0) is 9.53 Å². The molecule has 1 heterocycles. The number of nitrogens with zero attached hydrogens (tertiary/aromatic N) is 1. The van der Waals surface area contributed by atoms with Gasteiger partial charge in [0.25, 0.3) is 0 Å². The normalized spacial score (nSPS) is 16.0. The molecule has 0 atom stereocenters. The van der Waals surface area contributed by atoms with Gasteiger partial charge in [0.1, 0.15) is 0 Å². The number of cyclic esters (lactones) is 1. The molecule has 3 rings (SSSR count).